The number of benzene rings is 2. The normalized spacial score (nSPS) is 17.4. The summed E-state index contributed by atoms with van der Waals surface area (Å²) in [5, 5.41) is 11.4. The summed E-state index contributed by atoms with van der Waals surface area (Å²) in [5.41, 5.74) is 1.82. The molecular formula is C26H34N2O5. The fraction of sp³-hybridized carbons (Fsp3) is 0.500. The second-order valence-corrected chi connectivity index (χ2v) is 8.78. The van der Waals surface area contributed by atoms with Crippen LogP contribution in [0.15, 0.2) is 42.5 Å². The van der Waals surface area contributed by atoms with Crippen molar-refractivity contribution < 1.29 is 24.1 Å². The minimum atomic E-state index is -0.823. The molecule has 1 amide bonds. The molecule has 0 aromatic heterocycles. The Morgan fingerprint density at radius 2 is 1.79 bits per heavy atom. The Morgan fingerprint density at radius 1 is 1.09 bits per heavy atom. The molecule has 178 valence electrons. The van der Waals surface area contributed by atoms with Crippen molar-refractivity contribution >= 4 is 5.91 Å². The van der Waals surface area contributed by atoms with Gasteiger partial charge < -0.3 is 29.1 Å². The lowest BCUT2D eigenvalue weighted by molar-refractivity contribution is -0.135. The molecule has 0 bridgehead atoms. The van der Waals surface area contributed by atoms with Crippen molar-refractivity contribution in [2.24, 2.45) is 0 Å². The van der Waals surface area contributed by atoms with E-state index >= 15 is 0 Å². The summed E-state index contributed by atoms with van der Waals surface area (Å²) in [6, 6.07) is 13.0. The molecule has 2 atom stereocenters. The third kappa shape index (κ3) is 5.78. The molecule has 7 nitrogen and oxygen atoms in total. The van der Waals surface area contributed by atoms with E-state index in [1.54, 1.807) is 19.1 Å². The maximum atomic E-state index is 13.2. The molecule has 1 N–H and O–H groups in total. The second-order valence-electron chi connectivity index (χ2n) is 8.78. The molecule has 0 aliphatic carbocycles. The summed E-state index contributed by atoms with van der Waals surface area (Å²) in [6.07, 6.45) is 2.51. The van der Waals surface area contributed by atoms with E-state index in [0.717, 1.165) is 42.8 Å². The zero-order valence-electron chi connectivity index (χ0n) is 19.5. The van der Waals surface area contributed by atoms with Gasteiger partial charge in [0.15, 0.2) is 11.5 Å². The van der Waals surface area contributed by atoms with Crippen LogP contribution >= 0.6 is 0 Å². The summed E-state index contributed by atoms with van der Waals surface area (Å²) in [7, 11) is 3.44. The first-order valence-corrected chi connectivity index (χ1v) is 11.7. The van der Waals surface area contributed by atoms with Crippen molar-refractivity contribution in [1.82, 2.24) is 9.80 Å². The fourth-order valence-corrected chi connectivity index (χ4v) is 4.53. The van der Waals surface area contributed by atoms with Gasteiger partial charge in [0.2, 0.25) is 5.91 Å². The van der Waals surface area contributed by atoms with Crippen molar-refractivity contribution in [3.05, 3.63) is 53.6 Å². The van der Waals surface area contributed by atoms with Crippen LogP contribution in [-0.4, -0.2) is 73.9 Å². The summed E-state index contributed by atoms with van der Waals surface area (Å²) >= 11 is 0. The number of aliphatic hydroxyl groups excluding tert-OH is 1. The predicted octanol–water partition coefficient (Wildman–Crippen LogP) is 3.06. The van der Waals surface area contributed by atoms with Crippen LogP contribution in [0.25, 0.3) is 0 Å². The molecule has 2 aliphatic heterocycles. The number of hydrogen-bond donors (Lipinski definition) is 1. The van der Waals surface area contributed by atoms with Crippen LogP contribution in [0.3, 0.4) is 0 Å². The van der Waals surface area contributed by atoms with Crippen molar-refractivity contribution in [3.63, 3.8) is 0 Å². The number of ether oxygens (including phenoxy) is 3. The Hall–Kier alpha value is -2.77. The van der Waals surface area contributed by atoms with Crippen molar-refractivity contribution in [2.75, 3.05) is 47.0 Å². The van der Waals surface area contributed by atoms with Crippen LogP contribution in [0.5, 0.6) is 17.2 Å². The number of rotatable bonds is 9. The maximum Gasteiger partial charge on any atom is 0.223 e. The first-order valence-electron chi connectivity index (χ1n) is 11.7. The number of carbonyl (C=O) groups excluding carboxylic acids is 1. The highest BCUT2D eigenvalue weighted by atomic mass is 16.6. The first kappa shape index (κ1) is 23.4. The van der Waals surface area contributed by atoms with E-state index in [-0.39, 0.29) is 11.9 Å². The van der Waals surface area contributed by atoms with Crippen LogP contribution < -0.4 is 14.2 Å². The van der Waals surface area contributed by atoms with Gasteiger partial charge in [-0.2, -0.15) is 0 Å². The molecule has 2 aliphatic rings. The zero-order valence-corrected chi connectivity index (χ0v) is 19.5. The van der Waals surface area contributed by atoms with Crippen molar-refractivity contribution in [2.45, 2.75) is 37.8 Å². The molecule has 0 spiro atoms. The average Bonchev–Trinajstić information content (AvgIpc) is 3.38. The number of nitrogens with zero attached hydrogens (tertiary/aromatic N) is 2. The minimum absolute atomic E-state index is 0.0200. The van der Waals surface area contributed by atoms with Gasteiger partial charge in [0.1, 0.15) is 25.1 Å². The number of fused-ring (bicyclic) bond motifs is 1. The van der Waals surface area contributed by atoms with E-state index in [0.29, 0.717) is 44.1 Å². The van der Waals surface area contributed by atoms with Crippen molar-refractivity contribution in [1.29, 1.82) is 0 Å². The smallest absolute Gasteiger partial charge is 0.223 e. The van der Waals surface area contributed by atoms with Gasteiger partial charge >= 0.3 is 0 Å². The summed E-state index contributed by atoms with van der Waals surface area (Å²) in [6.45, 7) is 3.66. The van der Waals surface area contributed by atoms with E-state index in [1.165, 1.54) is 0 Å². The van der Waals surface area contributed by atoms with E-state index in [1.807, 2.05) is 42.5 Å². The number of carbonyl (C=O) groups is 1. The third-order valence-electron chi connectivity index (χ3n) is 6.59. The van der Waals surface area contributed by atoms with Gasteiger partial charge in [0.05, 0.1) is 13.2 Å². The van der Waals surface area contributed by atoms with Gasteiger partial charge in [0, 0.05) is 20.0 Å². The number of likely N-dealkylation sites (N-methyl/N-ethyl adjacent to an activating group) is 1. The maximum absolute atomic E-state index is 13.2. The minimum Gasteiger partial charge on any atom is -0.497 e. The van der Waals surface area contributed by atoms with E-state index in [4.69, 9.17) is 14.2 Å². The molecule has 2 heterocycles. The van der Waals surface area contributed by atoms with Crippen LogP contribution in [0.1, 0.15) is 36.5 Å². The van der Waals surface area contributed by atoms with E-state index in [9.17, 15) is 9.90 Å². The molecule has 4 rings (SSSR count). The lowest BCUT2D eigenvalue weighted by atomic mass is 9.99. The number of amides is 1. The summed E-state index contributed by atoms with van der Waals surface area (Å²) < 4.78 is 16.5. The summed E-state index contributed by atoms with van der Waals surface area (Å²) in [4.78, 5) is 17.2. The van der Waals surface area contributed by atoms with Crippen LogP contribution in [0, 0.1) is 0 Å². The van der Waals surface area contributed by atoms with Gasteiger partial charge in [-0.3, -0.25) is 4.79 Å². The number of aryl methyl sites for hydroxylation is 1. The van der Waals surface area contributed by atoms with Gasteiger partial charge in [-0.05, 0) is 67.7 Å². The largest absolute Gasteiger partial charge is 0.497 e. The Morgan fingerprint density at radius 3 is 2.48 bits per heavy atom. The lowest BCUT2D eigenvalue weighted by Crippen LogP contribution is -2.47. The summed E-state index contributed by atoms with van der Waals surface area (Å²) in [5.74, 6) is 2.16. The molecule has 33 heavy (non-hydrogen) atoms. The van der Waals surface area contributed by atoms with Crippen LogP contribution in [0.2, 0.25) is 0 Å². The highest BCUT2D eigenvalue weighted by molar-refractivity contribution is 5.76. The molecule has 1 fully saturated rings. The Bertz CT molecular complexity index is 927. The number of methoxy groups -OCH3 is 1. The predicted molar refractivity (Wildman–Crippen MR) is 126 cm³/mol. The Kier molecular flexibility index (Phi) is 7.73. The standard InChI is InChI=1S/C26H34N2O5/c1-27(25(29)12-7-19-5-9-21(31-2)10-6-19)22(18-28-13-3-4-14-28)26(30)20-8-11-23-24(17-20)33-16-15-32-23/h5-6,8-11,17,22,26,30H,3-4,7,12-16,18H2,1-2H3/t22-,26-/m1/s1. The van der Waals surface area contributed by atoms with Gasteiger partial charge in [-0.1, -0.05) is 18.2 Å². The highest BCUT2D eigenvalue weighted by Gasteiger charge is 2.31. The molecular weight excluding hydrogens is 420 g/mol. The van der Waals surface area contributed by atoms with Gasteiger partial charge in [-0.15, -0.1) is 0 Å². The monoisotopic (exact) mass is 454 g/mol. The molecule has 2 aromatic rings. The van der Waals surface area contributed by atoms with Gasteiger partial charge in [-0.25, -0.2) is 0 Å². The van der Waals surface area contributed by atoms with E-state index in [2.05, 4.69) is 4.90 Å². The van der Waals surface area contributed by atoms with Crippen LogP contribution in [0.4, 0.5) is 0 Å². The number of likely N-dealkylation sites (tertiary alicyclic amines) is 1. The molecule has 7 heteroatoms. The van der Waals surface area contributed by atoms with Crippen molar-refractivity contribution in [3.8, 4) is 17.2 Å². The molecule has 0 saturated carbocycles. The number of aliphatic hydroxyl groups is 1. The molecule has 0 radical (unpaired) electrons. The van der Waals surface area contributed by atoms with E-state index < -0.39 is 6.10 Å². The molecule has 0 unspecified atom stereocenters. The molecule has 2 aromatic carbocycles. The SMILES string of the molecule is COc1ccc(CCC(=O)N(C)[C@H](CN2CCCC2)[C@H](O)c2ccc3c(c2)OCCO3)cc1. The lowest BCUT2D eigenvalue weighted by Gasteiger charge is -2.35. The second kappa shape index (κ2) is 10.9. The number of hydrogen-bond acceptors (Lipinski definition) is 6. The topological polar surface area (TPSA) is 71.5 Å². The quantitative estimate of drug-likeness (QED) is 0.628. The van der Waals surface area contributed by atoms with Crippen LogP contribution in [-0.2, 0) is 11.2 Å². The fourth-order valence-electron chi connectivity index (χ4n) is 4.53. The first-order chi connectivity index (χ1) is 16.0. The third-order valence-corrected chi connectivity index (χ3v) is 6.59. The highest BCUT2D eigenvalue weighted by Crippen LogP contribution is 2.34. The zero-order chi connectivity index (χ0) is 23.2. The van der Waals surface area contributed by atoms with Gasteiger partial charge in [0.25, 0.3) is 0 Å². The Labute approximate surface area is 195 Å². The average molecular weight is 455 g/mol. The Balaban J connectivity index is 1.46. The molecule has 1 saturated heterocycles.